The minimum atomic E-state index is 0.176. The first-order valence-corrected chi connectivity index (χ1v) is 7.12. The monoisotopic (exact) mass is 310 g/mol. The zero-order valence-electron chi connectivity index (χ0n) is 9.61. The topological polar surface area (TPSA) is 38.0 Å². The van der Waals surface area contributed by atoms with Crippen molar-refractivity contribution >= 4 is 27.3 Å². The summed E-state index contributed by atoms with van der Waals surface area (Å²) in [7, 11) is 0. The van der Waals surface area contributed by atoms with Gasteiger partial charge in [-0.1, -0.05) is 28.1 Å². The molecule has 0 saturated carbocycles. The van der Waals surface area contributed by atoms with Crippen LogP contribution < -0.4 is 11.3 Å². The molecule has 2 nitrogen and oxygen atoms in total. The number of halogens is 1. The molecule has 0 spiro atoms. The molecular formula is C13H15BrN2S. The second kappa shape index (κ2) is 5.78. The van der Waals surface area contributed by atoms with Crippen molar-refractivity contribution in [2.24, 2.45) is 5.84 Å². The van der Waals surface area contributed by atoms with Crippen molar-refractivity contribution in [3.8, 4) is 0 Å². The van der Waals surface area contributed by atoms with E-state index in [1.807, 2.05) is 12.1 Å². The summed E-state index contributed by atoms with van der Waals surface area (Å²) in [5, 5.41) is 2.11. The van der Waals surface area contributed by atoms with E-state index in [4.69, 9.17) is 5.84 Å². The second-order valence-electron chi connectivity index (χ2n) is 3.99. The quantitative estimate of drug-likeness (QED) is 0.669. The van der Waals surface area contributed by atoms with Crippen LogP contribution in [0.1, 0.15) is 22.0 Å². The van der Waals surface area contributed by atoms with Gasteiger partial charge in [0.15, 0.2) is 0 Å². The Balaban J connectivity index is 2.19. The molecule has 0 fully saturated rings. The van der Waals surface area contributed by atoms with E-state index in [9.17, 15) is 0 Å². The van der Waals surface area contributed by atoms with Crippen molar-refractivity contribution in [2.45, 2.75) is 19.4 Å². The molecule has 0 aliphatic heterocycles. The maximum Gasteiger partial charge on any atom is 0.0511 e. The largest absolute Gasteiger partial charge is 0.271 e. The van der Waals surface area contributed by atoms with Gasteiger partial charge in [-0.25, -0.2) is 0 Å². The highest BCUT2D eigenvalue weighted by molar-refractivity contribution is 9.10. The third-order valence-electron chi connectivity index (χ3n) is 2.80. The summed E-state index contributed by atoms with van der Waals surface area (Å²) >= 11 is 5.24. The van der Waals surface area contributed by atoms with Crippen LogP contribution in [0.5, 0.6) is 0 Å². The fraction of sp³-hybridized carbons (Fsp3) is 0.231. The Bertz CT molecular complexity index is 496. The number of nitrogens with two attached hydrogens (primary N) is 1. The molecule has 0 saturated heterocycles. The molecule has 1 unspecified atom stereocenters. The van der Waals surface area contributed by atoms with Crippen molar-refractivity contribution in [1.29, 1.82) is 0 Å². The maximum atomic E-state index is 5.66. The number of aryl methyl sites for hydroxylation is 1. The molecule has 0 amide bonds. The lowest BCUT2D eigenvalue weighted by Crippen LogP contribution is -2.29. The van der Waals surface area contributed by atoms with Crippen LogP contribution in [0, 0.1) is 6.92 Å². The van der Waals surface area contributed by atoms with Crippen molar-refractivity contribution in [3.63, 3.8) is 0 Å². The smallest absolute Gasteiger partial charge is 0.0511 e. The van der Waals surface area contributed by atoms with E-state index in [2.05, 4.69) is 51.9 Å². The molecule has 1 heterocycles. The first-order chi connectivity index (χ1) is 8.20. The summed E-state index contributed by atoms with van der Waals surface area (Å²) in [5.74, 6) is 5.66. The molecule has 1 aromatic carbocycles. The van der Waals surface area contributed by atoms with Gasteiger partial charge in [-0.15, -0.1) is 11.3 Å². The van der Waals surface area contributed by atoms with Gasteiger partial charge < -0.3 is 0 Å². The van der Waals surface area contributed by atoms with E-state index in [1.54, 1.807) is 11.3 Å². The van der Waals surface area contributed by atoms with Crippen LogP contribution in [0.15, 0.2) is 40.2 Å². The Hall–Kier alpha value is -0.680. The van der Waals surface area contributed by atoms with Crippen LogP contribution in [0.4, 0.5) is 0 Å². The molecule has 2 rings (SSSR count). The van der Waals surface area contributed by atoms with Crippen LogP contribution >= 0.6 is 27.3 Å². The minimum Gasteiger partial charge on any atom is -0.271 e. The normalized spacial score (nSPS) is 12.6. The molecule has 90 valence electrons. The first-order valence-electron chi connectivity index (χ1n) is 5.45. The van der Waals surface area contributed by atoms with Crippen LogP contribution in [-0.2, 0) is 6.42 Å². The molecule has 4 heteroatoms. The predicted octanol–water partition coefficient (Wildman–Crippen LogP) is 3.57. The number of rotatable bonds is 4. The number of thiophene rings is 1. The molecule has 0 aliphatic carbocycles. The number of hydrazine groups is 1. The van der Waals surface area contributed by atoms with Crippen LogP contribution in [0.25, 0.3) is 0 Å². The third-order valence-corrected chi connectivity index (χ3v) is 4.16. The zero-order valence-corrected chi connectivity index (χ0v) is 12.0. The molecule has 1 aromatic heterocycles. The SMILES string of the molecule is Cc1sccc1C(Cc1cccc(Br)c1)NN. The molecule has 0 radical (unpaired) electrons. The minimum absolute atomic E-state index is 0.176. The molecule has 0 bridgehead atoms. The Labute approximate surface area is 114 Å². The molecule has 2 aromatic rings. The molecule has 0 aliphatic rings. The highest BCUT2D eigenvalue weighted by Gasteiger charge is 2.13. The first kappa shape index (κ1) is 12.8. The van der Waals surface area contributed by atoms with Gasteiger partial charge in [-0.3, -0.25) is 11.3 Å². The summed E-state index contributed by atoms with van der Waals surface area (Å²) in [6.07, 6.45) is 0.896. The highest BCUT2D eigenvalue weighted by atomic mass is 79.9. The predicted molar refractivity (Wildman–Crippen MR) is 77.0 cm³/mol. The highest BCUT2D eigenvalue weighted by Crippen LogP contribution is 2.25. The van der Waals surface area contributed by atoms with Gasteiger partial charge in [0, 0.05) is 9.35 Å². The van der Waals surface area contributed by atoms with Crippen LogP contribution in [-0.4, -0.2) is 0 Å². The van der Waals surface area contributed by atoms with Gasteiger partial charge in [0.1, 0.15) is 0 Å². The fourth-order valence-corrected chi connectivity index (χ4v) is 3.13. The Kier molecular flexibility index (Phi) is 4.34. The van der Waals surface area contributed by atoms with Gasteiger partial charge in [-0.05, 0) is 48.1 Å². The summed E-state index contributed by atoms with van der Waals surface area (Å²) in [6, 6.07) is 10.7. The molecule has 17 heavy (non-hydrogen) atoms. The Morgan fingerprint density at radius 2 is 2.24 bits per heavy atom. The average molecular weight is 311 g/mol. The summed E-state index contributed by atoms with van der Waals surface area (Å²) in [6.45, 7) is 2.13. The van der Waals surface area contributed by atoms with E-state index in [-0.39, 0.29) is 6.04 Å². The van der Waals surface area contributed by atoms with Crippen molar-refractivity contribution in [2.75, 3.05) is 0 Å². The van der Waals surface area contributed by atoms with E-state index in [0.717, 1.165) is 10.9 Å². The number of hydrogen-bond donors (Lipinski definition) is 2. The lowest BCUT2D eigenvalue weighted by molar-refractivity contribution is 0.551. The van der Waals surface area contributed by atoms with Crippen molar-refractivity contribution < 1.29 is 0 Å². The zero-order chi connectivity index (χ0) is 12.3. The maximum absolute atomic E-state index is 5.66. The molecular weight excluding hydrogens is 296 g/mol. The van der Waals surface area contributed by atoms with Gasteiger partial charge in [-0.2, -0.15) is 0 Å². The number of nitrogens with one attached hydrogen (secondary N) is 1. The van der Waals surface area contributed by atoms with E-state index >= 15 is 0 Å². The van der Waals surface area contributed by atoms with E-state index in [1.165, 1.54) is 16.0 Å². The summed E-state index contributed by atoms with van der Waals surface area (Å²) < 4.78 is 1.10. The Morgan fingerprint density at radius 1 is 1.41 bits per heavy atom. The average Bonchev–Trinajstić information content (AvgIpc) is 2.72. The standard InChI is InChI=1S/C13H15BrN2S/c1-9-12(5-6-17-9)13(16-15)8-10-3-2-4-11(14)7-10/h2-7,13,16H,8,15H2,1H3. The van der Waals surface area contributed by atoms with E-state index < -0.39 is 0 Å². The number of benzene rings is 1. The number of hydrogen-bond acceptors (Lipinski definition) is 3. The third kappa shape index (κ3) is 3.16. The van der Waals surface area contributed by atoms with Gasteiger partial charge in [0.25, 0.3) is 0 Å². The van der Waals surface area contributed by atoms with Crippen molar-refractivity contribution in [3.05, 3.63) is 56.2 Å². The van der Waals surface area contributed by atoms with Crippen molar-refractivity contribution in [1.82, 2.24) is 5.43 Å². The van der Waals surface area contributed by atoms with Crippen LogP contribution in [0.3, 0.4) is 0 Å². The van der Waals surface area contributed by atoms with Gasteiger partial charge in [0.2, 0.25) is 0 Å². The van der Waals surface area contributed by atoms with Crippen LogP contribution in [0.2, 0.25) is 0 Å². The fourth-order valence-electron chi connectivity index (χ4n) is 1.91. The summed E-state index contributed by atoms with van der Waals surface area (Å²) in [5.41, 5.74) is 5.47. The van der Waals surface area contributed by atoms with E-state index in [0.29, 0.717) is 0 Å². The van der Waals surface area contributed by atoms with Gasteiger partial charge >= 0.3 is 0 Å². The second-order valence-corrected chi connectivity index (χ2v) is 6.02. The van der Waals surface area contributed by atoms with Gasteiger partial charge in [0.05, 0.1) is 6.04 Å². The summed E-state index contributed by atoms with van der Waals surface area (Å²) in [4.78, 5) is 1.32. The lowest BCUT2D eigenvalue weighted by atomic mass is 10.0. The molecule has 3 N–H and O–H groups in total. The Morgan fingerprint density at radius 3 is 2.82 bits per heavy atom. The molecule has 1 atom stereocenters. The lowest BCUT2D eigenvalue weighted by Gasteiger charge is -2.16.